The van der Waals surface area contributed by atoms with Gasteiger partial charge in [0.25, 0.3) is 0 Å². The molecule has 0 aliphatic rings. The lowest BCUT2D eigenvalue weighted by atomic mass is 10.2. The summed E-state index contributed by atoms with van der Waals surface area (Å²) in [5.41, 5.74) is 1.93. The summed E-state index contributed by atoms with van der Waals surface area (Å²) < 4.78 is 6.04. The van der Waals surface area contributed by atoms with E-state index < -0.39 is 0 Å². The van der Waals surface area contributed by atoms with Gasteiger partial charge in [-0.15, -0.1) is 11.3 Å². The molecule has 0 amide bonds. The Morgan fingerprint density at radius 2 is 2.11 bits per heavy atom. The van der Waals surface area contributed by atoms with E-state index in [1.165, 1.54) is 9.75 Å². The lowest BCUT2D eigenvalue weighted by molar-refractivity contribution is 0.181. The van der Waals surface area contributed by atoms with Gasteiger partial charge < -0.3 is 10.1 Å². The number of ether oxygens (including phenoxy) is 1. The number of hydrogen-bond donors (Lipinski definition) is 1. The molecule has 2 aromatic heterocycles. The lowest BCUT2D eigenvalue weighted by Crippen LogP contribution is -2.04. The minimum atomic E-state index is 0.451. The monoisotopic (exact) mass is 341 g/mol. The van der Waals surface area contributed by atoms with E-state index in [1.807, 2.05) is 7.05 Å². The highest BCUT2D eigenvalue weighted by molar-refractivity contribution is 9.10. The Labute approximate surface area is 125 Å². The second kappa shape index (κ2) is 5.98. The molecule has 19 heavy (non-hydrogen) atoms. The van der Waals surface area contributed by atoms with Crippen LogP contribution in [0.25, 0.3) is 11.4 Å². The zero-order chi connectivity index (χ0) is 14.0. The summed E-state index contributed by atoms with van der Waals surface area (Å²) in [5, 5.41) is 3.08. The van der Waals surface area contributed by atoms with E-state index in [0.717, 1.165) is 27.4 Å². The second-order valence-corrected chi connectivity index (χ2v) is 6.42. The van der Waals surface area contributed by atoms with Gasteiger partial charge in [0, 0.05) is 29.5 Å². The molecular weight excluding hydrogens is 326 g/mol. The summed E-state index contributed by atoms with van der Waals surface area (Å²) in [6.07, 6.45) is 0. The van der Waals surface area contributed by atoms with Crippen LogP contribution in [0.4, 0.5) is 5.82 Å². The summed E-state index contributed by atoms with van der Waals surface area (Å²) in [5.74, 6) is 1.52. The predicted molar refractivity (Wildman–Crippen MR) is 82.8 cm³/mol. The molecule has 6 heteroatoms. The number of aromatic nitrogens is 2. The van der Waals surface area contributed by atoms with Crippen molar-refractivity contribution in [1.82, 2.24) is 9.97 Å². The number of anilines is 1. The van der Waals surface area contributed by atoms with Crippen LogP contribution in [-0.2, 0) is 11.3 Å². The molecule has 0 aliphatic heterocycles. The largest absolute Gasteiger partial charge is 0.378 e. The summed E-state index contributed by atoms with van der Waals surface area (Å²) >= 11 is 5.27. The third-order valence-electron chi connectivity index (χ3n) is 2.72. The molecule has 102 valence electrons. The van der Waals surface area contributed by atoms with E-state index in [4.69, 9.17) is 4.74 Å². The quantitative estimate of drug-likeness (QED) is 0.919. The number of nitrogens with zero attached hydrogens (tertiary/aromatic N) is 2. The van der Waals surface area contributed by atoms with Crippen molar-refractivity contribution in [1.29, 1.82) is 0 Å². The number of rotatable bonds is 4. The summed E-state index contributed by atoms with van der Waals surface area (Å²) in [6.45, 7) is 4.63. The van der Waals surface area contributed by atoms with E-state index in [-0.39, 0.29) is 0 Å². The average Bonchev–Trinajstić information content (AvgIpc) is 2.71. The molecule has 0 atom stereocenters. The van der Waals surface area contributed by atoms with Crippen LogP contribution in [0.3, 0.4) is 0 Å². The fraction of sp³-hybridized carbons (Fsp3) is 0.385. The number of hydrogen-bond acceptors (Lipinski definition) is 5. The van der Waals surface area contributed by atoms with Gasteiger partial charge in [-0.2, -0.15) is 0 Å². The molecule has 0 radical (unpaired) electrons. The van der Waals surface area contributed by atoms with Gasteiger partial charge in [-0.05, 0) is 35.8 Å². The summed E-state index contributed by atoms with van der Waals surface area (Å²) in [7, 11) is 3.51. The first kappa shape index (κ1) is 14.4. The Morgan fingerprint density at radius 1 is 1.37 bits per heavy atom. The lowest BCUT2D eigenvalue weighted by Gasteiger charge is -2.10. The van der Waals surface area contributed by atoms with E-state index in [9.17, 15) is 0 Å². The van der Waals surface area contributed by atoms with Gasteiger partial charge in [-0.1, -0.05) is 0 Å². The van der Waals surface area contributed by atoms with E-state index in [2.05, 4.69) is 51.1 Å². The second-order valence-electron chi connectivity index (χ2n) is 4.17. The van der Waals surface area contributed by atoms with Crippen LogP contribution in [0.5, 0.6) is 0 Å². The molecule has 1 N–H and O–H groups in total. The number of thiophene rings is 1. The standard InChI is InChI=1S/C13H16BrN3OS/c1-7-5-9(8(2)19-7)12-16-10(6-18-4)11(14)13(15-3)17-12/h5H,6H2,1-4H3,(H,15,16,17). The van der Waals surface area contributed by atoms with Crippen molar-refractivity contribution >= 4 is 33.1 Å². The first-order valence-corrected chi connectivity index (χ1v) is 7.48. The van der Waals surface area contributed by atoms with Gasteiger partial charge in [0.15, 0.2) is 5.82 Å². The first-order chi connectivity index (χ1) is 9.06. The molecular formula is C13H16BrN3OS. The number of aryl methyl sites for hydroxylation is 2. The number of nitrogens with one attached hydrogen (secondary N) is 1. The molecule has 0 bridgehead atoms. The van der Waals surface area contributed by atoms with Crippen LogP contribution in [0.2, 0.25) is 0 Å². The van der Waals surface area contributed by atoms with E-state index in [0.29, 0.717) is 6.61 Å². The molecule has 2 heterocycles. The van der Waals surface area contributed by atoms with Gasteiger partial charge in [-0.3, -0.25) is 0 Å². The smallest absolute Gasteiger partial charge is 0.163 e. The van der Waals surface area contributed by atoms with Crippen LogP contribution in [0, 0.1) is 13.8 Å². The number of methoxy groups -OCH3 is 1. The van der Waals surface area contributed by atoms with Crippen LogP contribution in [0.1, 0.15) is 15.4 Å². The van der Waals surface area contributed by atoms with E-state index in [1.54, 1.807) is 18.4 Å². The highest BCUT2D eigenvalue weighted by atomic mass is 79.9. The third-order valence-corrected chi connectivity index (χ3v) is 4.52. The number of halogens is 1. The summed E-state index contributed by atoms with van der Waals surface area (Å²) in [6, 6.07) is 2.12. The van der Waals surface area contributed by atoms with Crippen molar-refractivity contribution in [3.05, 3.63) is 26.0 Å². The molecule has 0 spiro atoms. The van der Waals surface area contributed by atoms with Gasteiger partial charge in [0.05, 0.1) is 16.8 Å². The average molecular weight is 342 g/mol. The first-order valence-electron chi connectivity index (χ1n) is 5.87. The van der Waals surface area contributed by atoms with Gasteiger partial charge in [0.2, 0.25) is 0 Å². The Hall–Kier alpha value is -0.980. The maximum absolute atomic E-state index is 5.19. The minimum Gasteiger partial charge on any atom is -0.378 e. The van der Waals surface area contributed by atoms with Crippen LogP contribution < -0.4 is 5.32 Å². The van der Waals surface area contributed by atoms with Gasteiger partial charge in [-0.25, -0.2) is 9.97 Å². The van der Waals surface area contributed by atoms with Crippen molar-refractivity contribution in [3.8, 4) is 11.4 Å². The zero-order valence-corrected chi connectivity index (χ0v) is 13.8. The molecule has 4 nitrogen and oxygen atoms in total. The van der Waals surface area contributed by atoms with Crippen LogP contribution in [-0.4, -0.2) is 24.1 Å². The van der Waals surface area contributed by atoms with Crippen molar-refractivity contribution in [2.24, 2.45) is 0 Å². The Kier molecular flexibility index (Phi) is 4.54. The minimum absolute atomic E-state index is 0.451. The molecule has 0 saturated heterocycles. The fourth-order valence-corrected chi connectivity index (χ4v) is 3.27. The Morgan fingerprint density at radius 3 is 2.63 bits per heavy atom. The third kappa shape index (κ3) is 2.96. The molecule has 0 unspecified atom stereocenters. The molecule has 0 aliphatic carbocycles. The summed E-state index contributed by atoms with van der Waals surface area (Å²) in [4.78, 5) is 11.6. The van der Waals surface area contributed by atoms with Crippen LogP contribution >= 0.6 is 27.3 Å². The zero-order valence-electron chi connectivity index (χ0n) is 11.4. The molecule has 0 saturated carbocycles. The molecule has 0 fully saturated rings. The fourth-order valence-electron chi connectivity index (χ4n) is 1.86. The highest BCUT2D eigenvalue weighted by Crippen LogP contribution is 2.32. The van der Waals surface area contributed by atoms with Crippen molar-refractivity contribution in [2.75, 3.05) is 19.5 Å². The Balaban J connectivity index is 2.57. The van der Waals surface area contributed by atoms with Gasteiger partial charge in [0.1, 0.15) is 5.82 Å². The van der Waals surface area contributed by atoms with Crippen molar-refractivity contribution < 1.29 is 4.74 Å². The van der Waals surface area contributed by atoms with Crippen LogP contribution in [0.15, 0.2) is 10.5 Å². The highest BCUT2D eigenvalue weighted by Gasteiger charge is 2.15. The molecule has 2 aromatic rings. The Bertz CT molecular complexity index is 598. The van der Waals surface area contributed by atoms with Crippen molar-refractivity contribution in [3.63, 3.8) is 0 Å². The normalized spacial score (nSPS) is 10.8. The molecule has 0 aromatic carbocycles. The van der Waals surface area contributed by atoms with Crippen molar-refractivity contribution in [2.45, 2.75) is 20.5 Å². The maximum Gasteiger partial charge on any atom is 0.163 e. The molecule has 2 rings (SSSR count). The topological polar surface area (TPSA) is 47.0 Å². The predicted octanol–water partition coefficient (Wildman–Crippen LogP) is 3.77. The van der Waals surface area contributed by atoms with E-state index >= 15 is 0 Å². The SMILES string of the molecule is CNc1nc(-c2cc(C)sc2C)nc(COC)c1Br. The van der Waals surface area contributed by atoms with Gasteiger partial charge >= 0.3 is 0 Å². The maximum atomic E-state index is 5.19.